The van der Waals surface area contributed by atoms with E-state index in [0.29, 0.717) is 30.5 Å². The molecule has 0 bridgehead atoms. The molecular weight excluding hydrogens is 382 g/mol. The van der Waals surface area contributed by atoms with E-state index in [1.807, 2.05) is 50.2 Å². The Morgan fingerprint density at radius 1 is 1.03 bits per heavy atom. The van der Waals surface area contributed by atoms with E-state index in [4.69, 9.17) is 18.6 Å². The second kappa shape index (κ2) is 8.69. The highest BCUT2D eigenvalue weighted by Gasteiger charge is 2.25. The van der Waals surface area contributed by atoms with E-state index in [0.717, 1.165) is 11.1 Å². The van der Waals surface area contributed by atoms with Gasteiger partial charge >= 0.3 is 5.97 Å². The zero-order valence-corrected chi connectivity index (χ0v) is 16.8. The van der Waals surface area contributed by atoms with Crippen molar-refractivity contribution in [3.8, 4) is 11.5 Å². The smallest absolute Gasteiger partial charge is 0.363 e. The van der Waals surface area contributed by atoms with Gasteiger partial charge < -0.3 is 18.6 Å². The van der Waals surface area contributed by atoms with E-state index in [9.17, 15) is 4.79 Å². The Hall–Kier alpha value is -3.80. The Morgan fingerprint density at radius 2 is 1.93 bits per heavy atom. The second-order valence-corrected chi connectivity index (χ2v) is 6.73. The molecule has 6 nitrogen and oxygen atoms in total. The molecule has 6 heteroatoms. The molecule has 2 heterocycles. The minimum absolute atomic E-state index is 0.152. The predicted molar refractivity (Wildman–Crippen MR) is 112 cm³/mol. The summed E-state index contributed by atoms with van der Waals surface area (Å²) in [7, 11) is 0. The van der Waals surface area contributed by atoms with Crippen molar-refractivity contribution < 1.29 is 23.4 Å². The third kappa shape index (κ3) is 4.43. The van der Waals surface area contributed by atoms with Gasteiger partial charge in [0.1, 0.15) is 6.61 Å². The molecule has 0 unspecified atom stereocenters. The first-order chi connectivity index (χ1) is 14.6. The Morgan fingerprint density at radius 3 is 2.70 bits per heavy atom. The van der Waals surface area contributed by atoms with Crippen molar-refractivity contribution in [2.75, 3.05) is 6.61 Å². The van der Waals surface area contributed by atoms with Crippen molar-refractivity contribution in [2.24, 2.45) is 4.99 Å². The highest BCUT2D eigenvalue weighted by molar-refractivity contribution is 6.11. The van der Waals surface area contributed by atoms with E-state index >= 15 is 0 Å². The van der Waals surface area contributed by atoms with Gasteiger partial charge in [0.05, 0.1) is 12.9 Å². The molecule has 0 saturated heterocycles. The molecular formula is C24H21NO5. The second-order valence-electron chi connectivity index (χ2n) is 6.73. The molecule has 0 spiro atoms. The topological polar surface area (TPSA) is 70.3 Å². The maximum atomic E-state index is 12.1. The number of rotatable bonds is 7. The van der Waals surface area contributed by atoms with Gasteiger partial charge in [0, 0.05) is 0 Å². The Kier molecular flexibility index (Phi) is 5.66. The Bertz CT molecular complexity index is 1110. The van der Waals surface area contributed by atoms with Gasteiger partial charge in [-0.3, -0.25) is 0 Å². The number of aliphatic imine (C=N–C) groups is 1. The zero-order valence-electron chi connectivity index (χ0n) is 16.8. The lowest BCUT2D eigenvalue weighted by Gasteiger charge is -2.13. The zero-order chi connectivity index (χ0) is 20.9. The molecule has 0 amide bonds. The molecule has 0 aliphatic carbocycles. The van der Waals surface area contributed by atoms with E-state index in [1.165, 1.54) is 11.8 Å². The van der Waals surface area contributed by atoms with Gasteiger partial charge in [-0.1, -0.05) is 35.9 Å². The number of aryl methyl sites for hydroxylation is 1. The summed E-state index contributed by atoms with van der Waals surface area (Å²) in [6.45, 7) is 4.88. The number of furan rings is 1. The molecule has 0 fully saturated rings. The van der Waals surface area contributed by atoms with Gasteiger partial charge in [-0.25, -0.2) is 9.79 Å². The summed E-state index contributed by atoms with van der Waals surface area (Å²) in [5, 5.41) is 0. The number of esters is 1. The molecule has 4 rings (SSSR count). The molecule has 1 aliphatic rings. The van der Waals surface area contributed by atoms with Crippen LogP contribution in [0.3, 0.4) is 0 Å². The van der Waals surface area contributed by atoms with Gasteiger partial charge in [-0.15, -0.1) is 0 Å². The van der Waals surface area contributed by atoms with Gasteiger partial charge in [0.2, 0.25) is 0 Å². The highest BCUT2D eigenvalue weighted by atomic mass is 16.6. The lowest BCUT2D eigenvalue weighted by molar-refractivity contribution is -0.130. The van der Waals surface area contributed by atoms with Crippen molar-refractivity contribution in [1.82, 2.24) is 0 Å². The number of carbonyl (C=O) groups excluding carboxylic acids is 1. The minimum Gasteiger partial charge on any atom is -0.490 e. The SMILES string of the molecule is CCOc1cc(/C=C2\N=C(c3ccco3)OC2=O)ccc1OCc1cccc(C)c1. The molecule has 0 N–H and O–H groups in total. The van der Waals surface area contributed by atoms with E-state index < -0.39 is 5.97 Å². The number of hydrogen-bond acceptors (Lipinski definition) is 6. The summed E-state index contributed by atoms with van der Waals surface area (Å²) in [4.78, 5) is 16.4. The maximum Gasteiger partial charge on any atom is 0.363 e. The van der Waals surface area contributed by atoms with Crippen molar-refractivity contribution >= 4 is 17.9 Å². The summed E-state index contributed by atoms with van der Waals surface area (Å²) in [6.07, 6.45) is 3.14. The van der Waals surface area contributed by atoms with Crippen molar-refractivity contribution in [3.05, 3.63) is 89.0 Å². The lowest BCUT2D eigenvalue weighted by Crippen LogP contribution is -2.04. The van der Waals surface area contributed by atoms with Crippen LogP contribution in [-0.2, 0) is 16.1 Å². The first kappa shape index (κ1) is 19.5. The number of benzene rings is 2. The number of carbonyl (C=O) groups is 1. The maximum absolute atomic E-state index is 12.1. The molecule has 152 valence electrons. The van der Waals surface area contributed by atoms with Crippen LogP contribution in [0, 0.1) is 6.92 Å². The molecule has 1 aliphatic heterocycles. The molecule has 3 aromatic rings. The molecule has 0 saturated carbocycles. The summed E-state index contributed by atoms with van der Waals surface area (Å²) in [6, 6.07) is 17.0. The van der Waals surface area contributed by atoms with Crippen LogP contribution in [0.4, 0.5) is 0 Å². The normalized spacial score (nSPS) is 14.5. The fourth-order valence-corrected chi connectivity index (χ4v) is 3.04. The summed E-state index contributed by atoms with van der Waals surface area (Å²) >= 11 is 0. The monoisotopic (exact) mass is 403 g/mol. The van der Waals surface area contributed by atoms with Crippen LogP contribution in [0.5, 0.6) is 11.5 Å². The Balaban J connectivity index is 1.55. The summed E-state index contributed by atoms with van der Waals surface area (Å²) in [5.74, 6) is 1.26. The third-order valence-electron chi connectivity index (χ3n) is 4.40. The van der Waals surface area contributed by atoms with Crippen LogP contribution in [-0.4, -0.2) is 18.5 Å². The fourth-order valence-electron chi connectivity index (χ4n) is 3.04. The average Bonchev–Trinajstić information content (AvgIpc) is 3.38. The van der Waals surface area contributed by atoms with Crippen LogP contribution >= 0.6 is 0 Å². The molecule has 0 atom stereocenters. The molecule has 0 radical (unpaired) electrons. The number of ether oxygens (including phenoxy) is 3. The van der Waals surface area contributed by atoms with Crippen LogP contribution in [0.2, 0.25) is 0 Å². The van der Waals surface area contributed by atoms with Crippen LogP contribution in [0.15, 0.2) is 76.0 Å². The molecule has 30 heavy (non-hydrogen) atoms. The van der Waals surface area contributed by atoms with E-state index in [1.54, 1.807) is 18.2 Å². The van der Waals surface area contributed by atoms with E-state index in [-0.39, 0.29) is 11.6 Å². The molecule has 1 aromatic heterocycles. The van der Waals surface area contributed by atoms with Crippen LogP contribution in [0.25, 0.3) is 6.08 Å². The van der Waals surface area contributed by atoms with Crippen molar-refractivity contribution in [1.29, 1.82) is 0 Å². The number of nitrogens with zero attached hydrogens (tertiary/aromatic N) is 1. The summed E-state index contributed by atoms with van der Waals surface area (Å²) < 4.78 is 22.1. The first-order valence-electron chi connectivity index (χ1n) is 9.64. The number of cyclic esters (lactones) is 1. The minimum atomic E-state index is -0.529. The molecule has 2 aromatic carbocycles. The quantitative estimate of drug-likeness (QED) is 0.414. The standard InChI is InChI=1S/C24H21NO5/c1-3-27-22-14-17(9-10-20(22)29-15-18-7-4-6-16(2)12-18)13-19-24(26)30-23(25-19)21-8-5-11-28-21/h4-14H,3,15H2,1-2H3/b19-13-. The van der Waals surface area contributed by atoms with E-state index in [2.05, 4.69) is 11.1 Å². The first-order valence-corrected chi connectivity index (χ1v) is 9.64. The van der Waals surface area contributed by atoms with Crippen LogP contribution < -0.4 is 9.47 Å². The third-order valence-corrected chi connectivity index (χ3v) is 4.40. The van der Waals surface area contributed by atoms with Gasteiger partial charge in [-0.2, -0.15) is 0 Å². The Labute approximate surface area is 174 Å². The van der Waals surface area contributed by atoms with Gasteiger partial charge in [0.25, 0.3) is 5.90 Å². The van der Waals surface area contributed by atoms with Crippen molar-refractivity contribution in [2.45, 2.75) is 20.5 Å². The number of hydrogen-bond donors (Lipinski definition) is 0. The van der Waals surface area contributed by atoms with Gasteiger partial charge in [-0.05, 0) is 55.3 Å². The van der Waals surface area contributed by atoms with Crippen molar-refractivity contribution in [3.63, 3.8) is 0 Å². The lowest BCUT2D eigenvalue weighted by atomic mass is 10.1. The largest absolute Gasteiger partial charge is 0.490 e. The highest BCUT2D eigenvalue weighted by Crippen LogP contribution is 2.31. The van der Waals surface area contributed by atoms with Crippen LogP contribution in [0.1, 0.15) is 29.4 Å². The predicted octanol–water partition coefficient (Wildman–Crippen LogP) is 4.91. The van der Waals surface area contributed by atoms with Gasteiger partial charge in [0.15, 0.2) is 23.0 Å². The summed E-state index contributed by atoms with van der Waals surface area (Å²) in [5.41, 5.74) is 3.20. The fraction of sp³-hybridized carbons (Fsp3) is 0.167. The average molecular weight is 403 g/mol.